The average Bonchev–Trinajstić information content (AvgIpc) is 3.23. The lowest BCUT2D eigenvalue weighted by atomic mass is 10.2. The third-order valence-electron chi connectivity index (χ3n) is 4.70. The van der Waals surface area contributed by atoms with E-state index in [-0.39, 0.29) is 5.91 Å². The summed E-state index contributed by atoms with van der Waals surface area (Å²) in [6, 6.07) is 13.7. The van der Waals surface area contributed by atoms with E-state index in [0.29, 0.717) is 29.9 Å². The van der Waals surface area contributed by atoms with Gasteiger partial charge in [0.2, 0.25) is 0 Å². The Kier molecular flexibility index (Phi) is 5.29. The standard InChI is InChI=1S/C20H22N6O2/c1-25(16-9-10-16)12-11-21-20(27)18(14-17-8-5-13-28-17)26-19(22-23-24-26)15-6-3-2-4-7-15/h2-8,13-14,16H,9-12H2,1H3,(H,21,27)/b18-14+. The van der Waals surface area contributed by atoms with Crippen molar-refractivity contribution in [3.05, 3.63) is 54.5 Å². The van der Waals surface area contributed by atoms with Crippen molar-refractivity contribution in [3.63, 3.8) is 0 Å². The molecule has 0 aliphatic heterocycles. The highest BCUT2D eigenvalue weighted by atomic mass is 16.3. The van der Waals surface area contributed by atoms with Crippen molar-refractivity contribution in [1.29, 1.82) is 0 Å². The molecule has 0 bridgehead atoms. The number of nitrogens with zero attached hydrogens (tertiary/aromatic N) is 5. The van der Waals surface area contributed by atoms with Gasteiger partial charge < -0.3 is 14.6 Å². The monoisotopic (exact) mass is 378 g/mol. The Morgan fingerprint density at radius 3 is 2.82 bits per heavy atom. The third-order valence-corrected chi connectivity index (χ3v) is 4.70. The molecular formula is C20H22N6O2. The Hall–Kier alpha value is -3.26. The van der Waals surface area contributed by atoms with Crippen LogP contribution in [0.2, 0.25) is 0 Å². The molecule has 2 heterocycles. The second-order valence-electron chi connectivity index (χ2n) is 6.79. The number of aromatic nitrogens is 4. The van der Waals surface area contributed by atoms with Crippen LogP contribution < -0.4 is 5.32 Å². The number of hydrogen-bond donors (Lipinski definition) is 1. The highest BCUT2D eigenvalue weighted by Crippen LogP contribution is 2.24. The van der Waals surface area contributed by atoms with Crippen molar-refractivity contribution < 1.29 is 9.21 Å². The lowest BCUT2D eigenvalue weighted by Crippen LogP contribution is -2.35. The fourth-order valence-corrected chi connectivity index (χ4v) is 2.98. The Labute approximate surface area is 162 Å². The van der Waals surface area contributed by atoms with Gasteiger partial charge in [-0.1, -0.05) is 30.3 Å². The molecule has 1 aliphatic rings. The van der Waals surface area contributed by atoms with Crippen LogP contribution in [-0.4, -0.2) is 57.2 Å². The number of hydrogen-bond acceptors (Lipinski definition) is 6. The second kappa shape index (κ2) is 8.18. The molecule has 1 fully saturated rings. The summed E-state index contributed by atoms with van der Waals surface area (Å²) < 4.78 is 6.84. The molecule has 0 saturated heterocycles. The zero-order chi connectivity index (χ0) is 19.3. The first-order valence-corrected chi connectivity index (χ1v) is 9.30. The van der Waals surface area contributed by atoms with Crippen LogP contribution in [0.4, 0.5) is 0 Å². The van der Waals surface area contributed by atoms with E-state index in [9.17, 15) is 4.79 Å². The van der Waals surface area contributed by atoms with Gasteiger partial charge in [-0.2, -0.15) is 4.68 Å². The van der Waals surface area contributed by atoms with Gasteiger partial charge in [0.05, 0.1) is 6.26 Å². The zero-order valence-corrected chi connectivity index (χ0v) is 15.7. The number of tetrazole rings is 1. The fraction of sp³-hybridized carbons (Fsp3) is 0.300. The van der Waals surface area contributed by atoms with Crippen LogP contribution in [0.5, 0.6) is 0 Å². The van der Waals surface area contributed by atoms with Crippen molar-refractivity contribution in [2.75, 3.05) is 20.1 Å². The Morgan fingerprint density at radius 1 is 1.29 bits per heavy atom. The molecule has 0 unspecified atom stereocenters. The zero-order valence-electron chi connectivity index (χ0n) is 15.7. The van der Waals surface area contributed by atoms with E-state index in [1.807, 2.05) is 30.3 Å². The van der Waals surface area contributed by atoms with Gasteiger partial charge in [0.1, 0.15) is 11.5 Å². The van der Waals surface area contributed by atoms with Crippen molar-refractivity contribution in [3.8, 4) is 11.4 Å². The SMILES string of the molecule is CN(CCNC(=O)/C(=C\c1ccco1)n1nnnc1-c1ccccc1)C1CC1. The normalized spacial score (nSPS) is 14.4. The summed E-state index contributed by atoms with van der Waals surface area (Å²) in [5, 5.41) is 14.9. The smallest absolute Gasteiger partial charge is 0.270 e. The molecule has 1 aliphatic carbocycles. The maximum absolute atomic E-state index is 13.0. The van der Waals surface area contributed by atoms with Gasteiger partial charge in [0.15, 0.2) is 5.82 Å². The molecule has 3 aromatic rings. The van der Waals surface area contributed by atoms with Gasteiger partial charge >= 0.3 is 0 Å². The summed E-state index contributed by atoms with van der Waals surface area (Å²) >= 11 is 0. The second-order valence-corrected chi connectivity index (χ2v) is 6.79. The predicted molar refractivity (Wildman–Crippen MR) is 105 cm³/mol. The quantitative estimate of drug-likeness (QED) is 0.604. The summed E-state index contributed by atoms with van der Waals surface area (Å²) in [5.74, 6) is 0.781. The van der Waals surface area contributed by atoms with Crippen LogP contribution in [-0.2, 0) is 4.79 Å². The first-order chi connectivity index (χ1) is 13.7. The summed E-state index contributed by atoms with van der Waals surface area (Å²) in [6.07, 6.45) is 5.67. The lowest BCUT2D eigenvalue weighted by Gasteiger charge is -2.16. The highest BCUT2D eigenvalue weighted by Gasteiger charge is 2.26. The van der Waals surface area contributed by atoms with Crippen LogP contribution in [0, 0.1) is 0 Å². The molecule has 0 spiro atoms. The molecule has 4 rings (SSSR count). The van der Waals surface area contributed by atoms with Crippen molar-refractivity contribution >= 4 is 17.7 Å². The maximum Gasteiger partial charge on any atom is 0.270 e. The maximum atomic E-state index is 13.0. The van der Waals surface area contributed by atoms with Crippen molar-refractivity contribution in [2.24, 2.45) is 0 Å². The van der Waals surface area contributed by atoms with E-state index >= 15 is 0 Å². The Balaban J connectivity index is 1.58. The van der Waals surface area contributed by atoms with E-state index in [1.54, 1.807) is 24.5 Å². The molecule has 28 heavy (non-hydrogen) atoms. The van der Waals surface area contributed by atoms with E-state index in [4.69, 9.17) is 4.42 Å². The number of carbonyl (C=O) groups is 1. The van der Waals surface area contributed by atoms with Crippen molar-refractivity contribution in [1.82, 2.24) is 30.4 Å². The van der Waals surface area contributed by atoms with Gasteiger partial charge in [-0.15, -0.1) is 5.10 Å². The molecule has 8 heteroatoms. The summed E-state index contributed by atoms with van der Waals surface area (Å²) in [5.41, 5.74) is 1.12. The van der Waals surface area contributed by atoms with E-state index in [1.165, 1.54) is 17.5 Å². The number of carbonyl (C=O) groups excluding carboxylic acids is 1. The van der Waals surface area contributed by atoms with Gasteiger partial charge in [-0.3, -0.25) is 4.79 Å². The van der Waals surface area contributed by atoms with Crippen LogP contribution in [0.25, 0.3) is 23.2 Å². The van der Waals surface area contributed by atoms with E-state index in [2.05, 4.69) is 32.8 Å². The molecule has 0 atom stereocenters. The first-order valence-electron chi connectivity index (χ1n) is 9.30. The number of benzene rings is 1. The summed E-state index contributed by atoms with van der Waals surface area (Å²) in [7, 11) is 2.08. The molecule has 1 aromatic carbocycles. The topological polar surface area (TPSA) is 89.1 Å². The highest BCUT2D eigenvalue weighted by molar-refractivity contribution is 6.18. The van der Waals surface area contributed by atoms with Gasteiger partial charge in [-0.05, 0) is 42.4 Å². The van der Waals surface area contributed by atoms with E-state index in [0.717, 1.165) is 12.1 Å². The van der Waals surface area contributed by atoms with Crippen LogP contribution in [0.3, 0.4) is 0 Å². The predicted octanol–water partition coefficient (Wildman–Crippen LogP) is 2.14. The third kappa shape index (κ3) is 4.17. The Bertz CT molecular complexity index is 944. The number of nitrogens with one attached hydrogen (secondary N) is 1. The van der Waals surface area contributed by atoms with Crippen LogP contribution in [0.1, 0.15) is 18.6 Å². The average molecular weight is 378 g/mol. The molecular weight excluding hydrogens is 356 g/mol. The largest absolute Gasteiger partial charge is 0.465 e. The number of amides is 1. The number of rotatable bonds is 8. The molecule has 1 saturated carbocycles. The first kappa shape index (κ1) is 18.1. The van der Waals surface area contributed by atoms with Crippen molar-refractivity contribution in [2.45, 2.75) is 18.9 Å². The molecule has 0 radical (unpaired) electrons. The minimum atomic E-state index is -0.259. The minimum absolute atomic E-state index is 0.259. The minimum Gasteiger partial charge on any atom is -0.465 e. The molecule has 1 N–H and O–H groups in total. The fourth-order valence-electron chi connectivity index (χ4n) is 2.98. The number of furan rings is 1. The van der Waals surface area contributed by atoms with Crippen LogP contribution in [0.15, 0.2) is 53.1 Å². The Morgan fingerprint density at radius 2 is 2.11 bits per heavy atom. The lowest BCUT2D eigenvalue weighted by molar-refractivity contribution is -0.116. The molecule has 144 valence electrons. The van der Waals surface area contributed by atoms with E-state index < -0.39 is 0 Å². The molecule has 8 nitrogen and oxygen atoms in total. The van der Waals surface area contributed by atoms with Gasteiger partial charge in [0, 0.05) is 30.8 Å². The molecule has 2 aromatic heterocycles. The van der Waals surface area contributed by atoms with Gasteiger partial charge in [-0.25, -0.2) is 0 Å². The summed E-state index contributed by atoms with van der Waals surface area (Å²) in [6.45, 7) is 1.34. The summed E-state index contributed by atoms with van der Waals surface area (Å²) in [4.78, 5) is 15.2. The number of likely N-dealkylation sites (N-methyl/N-ethyl adjacent to an activating group) is 1. The molecule has 1 amide bonds. The van der Waals surface area contributed by atoms with Gasteiger partial charge in [0.25, 0.3) is 5.91 Å². The van der Waals surface area contributed by atoms with Crippen LogP contribution >= 0.6 is 0 Å².